The second-order valence-electron chi connectivity index (χ2n) is 10.4. The number of amides is 3. The van der Waals surface area contributed by atoms with Gasteiger partial charge in [0.1, 0.15) is 23.1 Å². The Morgan fingerprint density at radius 2 is 1.89 bits per heavy atom. The van der Waals surface area contributed by atoms with Gasteiger partial charge in [-0.15, -0.1) is 0 Å². The van der Waals surface area contributed by atoms with Gasteiger partial charge < -0.3 is 19.7 Å². The van der Waals surface area contributed by atoms with E-state index < -0.39 is 11.6 Å². The Morgan fingerprint density at radius 1 is 1.08 bits per heavy atom. The third kappa shape index (κ3) is 3.69. The number of carbonyl (C=O) groups excluding carboxylic acids is 2. The summed E-state index contributed by atoms with van der Waals surface area (Å²) in [5.74, 6) is 0.787. The van der Waals surface area contributed by atoms with Crippen LogP contribution in [0.2, 0.25) is 0 Å². The molecule has 6 rings (SSSR count). The Labute approximate surface area is 216 Å². The summed E-state index contributed by atoms with van der Waals surface area (Å²) >= 11 is 0. The largest absolute Gasteiger partial charge is 0.508 e. The van der Waals surface area contributed by atoms with Crippen molar-refractivity contribution in [3.05, 3.63) is 59.3 Å². The van der Waals surface area contributed by atoms with E-state index in [1.54, 1.807) is 23.1 Å². The molecule has 194 valence electrons. The number of ether oxygens (including phenoxy) is 1. The third-order valence-electron chi connectivity index (χ3n) is 8.37. The zero-order chi connectivity index (χ0) is 25.7. The average molecular weight is 503 g/mol. The quantitative estimate of drug-likeness (QED) is 0.467. The molecular weight excluding hydrogens is 468 g/mol. The molecule has 0 spiro atoms. The molecule has 3 aliphatic rings. The van der Waals surface area contributed by atoms with Gasteiger partial charge in [0.05, 0.1) is 6.61 Å². The summed E-state index contributed by atoms with van der Waals surface area (Å²) in [5.41, 5.74) is 2.66. The summed E-state index contributed by atoms with van der Waals surface area (Å²) in [5, 5.41) is 11.4. The highest BCUT2D eigenvalue weighted by Gasteiger charge is 2.61. The number of carbonyl (C=O) groups is 2. The Bertz CT molecular complexity index is 1360. The van der Waals surface area contributed by atoms with Crippen LogP contribution in [0.3, 0.4) is 0 Å². The lowest BCUT2D eigenvalue weighted by Crippen LogP contribution is -2.55. The molecule has 2 fully saturated rings. The van der Waals surface area contributed by atoms with Crippen molar-refractivity contribution in [2.24, 2.45) is 0 Å². The van der Waals surface area contributed by atoms with Crippen molar-refractivity contribution in [2.45, 2.75) is 51.1 Å². The normalized spacial score (nSPS) is 23.7. The smallest absolute Gasteiger partial charge is 0.328 e. The van der Waals surface area contributed by atoms with Crippen molar-refractivity contribution >= 4 is 22.8 Å². The number of fused-ring (bicyclic) bond motifs is 4. The van der Waals surface area contributed by atoms with Crippen LogP contribution < -0.4 is 4.74 Å². The summed E-state index contributed by atoms with van der Waals surface area (Å²) in [6.45, 7) is 7.65. The Balaban J connectivity index is 1.49. The van der Waals surface area contributed by atoms with Crippen LogP contribution in [0.25, 0.3) is 10.9 Å². The molecule has 0 radical (unpaired) electrons. The lowest BCUT2D eigenvalue weighted by molar-refractivity contribution is -0.134. The van der Waals surface area contributed by atoms with Crippen molar-refractivity contribution < 1.29 is 19.4 Å². The molecule has 2 aromatic carbocycles. The fourth-order valence-corrected chi connectivity index (χ4v) is 6.52. The number of aromatic hydroxyl groups is 1. The van der Waals surface area contributed by atoms with Crippen LogP contribution in [-0.2, 0) is 11.2 Å². The average Bonchev–Trinajstić information content (AvgIpc) is 3.59. The molecule has 2 atom stereocenters. The standard InChI is InChI=1S/C29H34N4O4/c1-3-29-18-23-22-17-21(37-4-2)10-11-24(22)30-25(23)26(19-8-7-9-20(34)16-19)33(29)28(36)32(27(29)35)15-14-31-12-5-6-13-31/h7-11,16-17,26,30,34H,3-6,12-15,18H2,1-2H3. The fourth-order valence-electron chi connectivity index (χ4n) is 6.52. The number of imide groups is 1. The maximum Gasteiger partial charge on any atom is 0.328 e. The molecular formula is C29H34N4O4. The van der Waals surface area contributed by atoms with E-state index in [1.165, 1.54) is 4.90 Å². The molecule has 8 nitrogen and oxygen atoms in total. The monoisotopic (exact) mass is 502 g/mol. The van der Waals surface area contributed by atoms with Gasteiger partial charge in [-0.2, -0.15) is 0 Å². The van der Waals surface area contributed by atoms with E-state index in [0.717, 1.165) is 59.4 Å². The molecule has 2 unspecified atom stereocenters. The zero-order valence-electron chi connectivity index (χ0n) is 21.5. The second kappa shape index (κ2) is 9.10. The number of hydrogen-bond donors (Lipinski definition) is 2. The van der Waals surface area contributed by atoms with Crippen molar-refractivity contribution in [1.29, 1.82) is 0 Å². The molecule has 8 heteroatoms. The van der Waals surface area contributed by atoms with Crippen LogP contribution in [-0.4, -0.2) is 75.1 Å². The van der Waals surface area contributed by atoms with Crippen LogP contribution in [0.15, 0.2) is 42.5 Å². The number of benzene rings is 2. The number of H-pyrrole nitrogens is 1. The predicted molar refractivity (Wildman–Crippen MR) is 141 cm³/mol. The number of rotatable bonds is 7. The molecule has 3 aromatic rings. The number of hydrogen-bond acceptors (Lipinski definition) is 5. The van der Waals surface area contributed by atoms with Crippen LogP contribution in [0, 0.1) is 0 Å². The van der Waals surface area contributed by atoms with Gasteiger partial charge >= 0.3 is 6.03 Å². The topological polar surface area (TPSA) is 89.1 Å². The molecule has 2 N–H and O–H groups in total. The summed E-state index contributed by atoms with van der Waals surface area (Å²) in [6.07, 6.45) is 3.27. The SMILES string of the molecule is CCOc1ccc2[nH]c3c(c2c1)CC1(CC)C(=O)N(CCN2CCCC2)C(=O)N1C3c1cccc(O)c1. The Morgan fingerprint density at radius 3 is 2.62 bits per heavy atom. The lowest BCUT2D eigenvalue weighted by Gasteiger charge is -2.44. The molecule has 1 aromatic heterocycles. The molecule has 0 saturated carbocycles. The molecule has 0 aliphatic carbocycles. The van der Waals surface area contributed by atoms with Gasteiger partial charge in [0.15, 0.2) is 0 Å². The highest BCUT2D eigenvalue weighted by Crippen LogP contribution is 2.50. The number of aromatic amines is 1. The van der Waals surface area contributed by atoms with Gasteiger partial charge in [0, 0.05) is 36.1 Å². The molecule has 3 aliphatic heterocycles. The van der Waals surface area contributed by atoms with E-state index in [0.29, 0.717) is 32.5 Å². The van der Waals surface area contributed by atoms with Crippen LogP contribution in [0.1, 0.15) is 56.0 Å². The van der Waals surface area contributed by atoms with E-state index in [2.05, 4.69) is 9.88 Å². The molecule has 4 heterocycles. The second-order valence-corrected chi connectivity index (χ2v) is 10.4. The number of urea groups is 1. The molecule has 2 saturated heterocycles. The Kier molecular flexibility index (Phi) is 5.87. The number of phenolic OH excluding ortho intramolecular Hbond substituents is 1. The minimum Gasteiger partial charge on any atom is -0.508 e. The van der Waals surface area contributed by atoms with Crippen molar-refractivity contribution in [1.82, 2.24) is 19.7 Å². The van der Waals surface area contributed by atoms with Crippen molar-refractivity contribution in [2.75, 3.05) is 32.8 Å². The third-order valence-corrected chi connectivity index (χ3v) is 8.37. The van der Waals surface area contributed by atoms with Crippen LogP contribution in [0.5, 0.6) is 11.5 Å². The molecule has 3 amide bonds. The van der Waals surface area contributed by atoms with Gasteiger partial charge in [-0.05, 0) is 80.7 Å². The summed E-state index contributed by atoms with van der Waals surface area (Å²) < 4.78 is 5.78. The molecule has 0 bridgehead atoms. The maximum atomic E-state index is 14.1. The summed E-state index contributed by atoms with van der Waals surface area (Å²) in [6, 6.07) is 12.2. The van der Waals surface area contributed by atoms with E-state index in [1.807, 2.05) is 38.1 Å². The van der Waals surface area contributed by atoms with Crippen molar-refractivity contribution in [3.8, 4) is 11.5 Å². The van der Waals surface area contributed by atoms with E-state index in [9.17, 15) is 14.7 Å². The fraction of sp³-hybridized carbons (Fsp3) is 0.448. The van der Waals surface area contributed by atoms with Crippen molar-refractivity contribution in [3.63, 3.8) is 0 Å². The summed E-state index contributed by atoms with van der Waals surface area (Å²) in [4.78, 5) is 37.4. The first-order chi connectivity index (χ1) is 18.0. The number of likely N-dealkylation sites (tertiary alicyclic amines) is 1. The van der Waals surface area contributed by atoms with Gasteiger partial charge in [0.2, 0.25) is 0 Å². The van der Waals surface area contributed by atoms with E-state index in [-0.39, 0.29) is 17.7 Å². The minimum absolute atomic E-state index is 0.120. The summed E-state index contributed by atoms with van der Waals surface area (Å²) in [7, 11) is 0. The first kappa shape index (κ1) is 23.9. The van der Waals surface area contributed by atoms with Gasteiger partial charge in [0.25, 0.3) is 5.91 Å². The number of phenols is 1. The highest BCUT2D eigenvalue weighted by molar-refractivity contribution is 6.08. The van der Waals surface area contributed by atoms with Crippen LogP contribution in [0.4, 0.5) is 4.79 Å². The first-order valence-electron chi connectivity index (χ1n) is 13.4. The maximum absolute atomic E-state index is 14.1. The zero-order valence-corrected chi connectivity index (χ0v) is 21.5. The number of aromatic nitrogens is 1. The van der Waals surface area contributed by atoms with E-state index >= 15 is 0 Å². The molecule has 37 heavy (non-hydrogen) atoms. The number of nitrogens with zero attached hydrogens (tertiary/aromatic N) is 3. The highest BCUT2D eigenvalue weighted by atomic mass is 16.5. The predicted octanol–water partition coefficient (Wildman–Crippen LogP) is 4.43. The number of nitrogens with one attached hydrogen (secondary N) is 1. The minimum atomic E-state index is -0.984. The van der Waals surface area contributed by atoms with Gasteiger partial charge in [-0.25, -0.2) is 4.79 Å². The van der Waals surface area contributed by atoms with E-state index in [4.69, 9.17) is 4.74 Å². The lowest BCUT2D eigenvalue weighted by atomic mass is 9.78. The Hall–Kier alpha value is -3.52. The van der Waals surface area contributed by atoms with Crippen LogP contribution >= 0.6 is 0 Å². The van der Waals surface area contributed by atoms with Gasteiger partial charge in [-0.3, -0.25) is 14.6 Å². The first-order valence-corrected chi connectivity index (χ1v) is 13.4. The van der Waals surface area contributed by atoms with Gasteiger partial charge in [-0.1, -0.05) is 19.1 Å².